The molecule has 1 saturated carbocycles. The summed E-state index contributed by atoms with van der Waals surface area (Å²) in [7, 11) is 1.72. The highest BCUT2D eigenvalue weighted by Crippen LogP contribution is 2.64. The van der Waals surface area contributed by atoms with Gasteiger partial charge >= 0.3 is 0 Å². The predicted octanol–water partition coefficient (Wildman–Crippen LogP) is 2.60. The standard InChI is InChI=1S/C11H19NO/c1-10(2,3)11(8-12)7-9(11)5-6-13-4/h9H,5-7H2,1-4H3. The SMILES string of the molecule is COCCC1CC1(C#N)C(C)(C)C. The van der Waals surface area contributed by atoms with Gasteiger partial charge in [0.2, 0.25) is 0 Å². The second-order valence-corrected chi connectivity index (χ2v) is 5.02. The highest BCUT2D eigenvalue weighted by Gasteiger charge is 2.61. The maximum Gasteiger partial charge on any atom is 0.0698 e. The molecule has 0 bridgehead atoms. The van der Waals surface area contributed by atoms with Crippen LogP contribution in [0.25, 0.3) is 0 Å². The van der Waals surface area contributed by atoms with Crippen LogP contribution in [0, 0.1) is 28.1 Å². The molecule has 0 aromatic rings. The van der Waals surface area contributed by atoms with Gasteiger partial charge in [0.05, 0.1) is 11.5 Å². The second kappa shape index (κ2) is 3.31. The lowest BCUT2D eigenvalue weighted by Crippen LogP contribution is -2.22. The molecule has 0 aliphatic heterocycles. The Kier molecular flexibility index (Phi) is 2.68. The van der Waals surface area contributed by atoms with Gasteiger partial charge in [-0.3, -0.25) is 0 Å². The Bertz CT molecular complexity index is 223. The Balaban J connectivity index is 2.56. The molecular formula is C11H19NO. The molecule has 1 aliphatic rings. The topological polar surface area (TPSA) is 33.0 Å². The largest absolute Gasteiger partial charge is 0.385 e. The highest BCUT2D eigenvalue weighted by atomic mass is 16.5. The Hall–Kier alpha value is -0.550. The maximum atomic E-state index is 9.17. The first-order valence-corrected chi connectivity index (χ1v) is 4.88. The van der Waals surface area contributed by atoms with Crippen molar-refractivity contribution in [1.29, 1.82) is 5.26 Å². The number of rotatable bonds is 3. The molecule has 74 valence electrons. The van der Waals surface area contributed by atoms with Gasteiger partial charge in [-0.1, -0.05) is 20.8 Å². The lowest BCUT2D eigenvalue weighted by atomic mass is 9.76. The molecule has 1 aliphatic carbocycles. The molecule has 2 atom stereocenters. The number of ether oxygens (including phenoxy) is 1. The van der Waals surface area contributed by atoms with E-state index >= 15 is 0 Å². The van der Waals surface area contributed by atoms with E-state index in [-0.39, 0.29) is 10.8 Å². The molecule has 0 amide bonds. The Labute approximate surface area is 80.9 Å². The molecule has 2 nitrogen and oxygen atoms in total. The van der Waals surface area contributed by atoms with Gasteiger partial charge in [-0.15, -0.1) is 0 Å². The van der Waals surface area contributed by atoms with Gasteiger partial charge in [0.25, 0.3) is 0 Å². The van der Waals surface area contributed by atoms with Crippen LogP contribution in [0.4, 0.5) is 0 Å². The predicted molar refractivity (Wildman–Crippen MR) is 52.1 cm³/mol. The molecule has 0 aromatic carbocycles. The lowest BCUT2D eigenvalue weighted by Gasteiger charge is -2.25. The summed E-state index contributed by atoms with van der Waals surface area (Å²) in [6.45, 7) is 7.25. The summed E-state index contributed by atoms with van der Waals surface area (Å²) in [6.07, 6.45) is 2.08. The van der Waals surface area contributed by atoms with E-state index in [0.717, 1.165) is 19.4 Å². The zero-order chi connectivity index (χ0) is 10.1. The van der Waals surface area contributed by atoms with E-state index < -0.39 is 0 Å². The number of hydrogen-bond donors (Lipinski definition) is 0. The van der Waals surface area contributed by atoms with Crippen molar-refractivity contribution >= 4 is 0 Å². The smallest absolute Gasteiger partial charge is 0.0698 e. The number of nitriles is 1. The van der Waals surface area contributed by atoms with Gasteiger partial charge in [0, 0.05) is 13.7 Å². The monoisotopic (exact) mass is 181 g/mol. The zero-order valence-electron chi connectivity index (χ0n) is 9.05. The fourth-order valence-electron chi connectivity index (χ4n) is 2.16. The third-order valence-electron chi connectivity index (χ3n) is 3.31. The molecule has 0 spiro atoms. The molecule has 2 heteroatoms. The van der Waals surface area contributed by atoms with E-state index in [1.54, 1.807) is 7.11 Å². The first-order valence-electron chi connectivity index (χ1n) is 4.88. The molecule has 1 fully saturated rings. The number of methoxy groups -OCH3 is 1. The van der Waals surface area contributed by atoms with Gasteiger partial charge in [-0.05, 0) is 24.2 Å². The van der Waals surface area contributed by atoms with Crippen molar-refractivity contribution in [2.24, 2.45) is 16.7 Å². The summed E-state index contributed by atoms with van der Waals surface area (Å²) >= 11 is 0. The van der Waals surface area contributed by atoms with Crippen molar-refractivity contribution in [2.75, 3.05) is 13.7 Å². The zero-order valence-corrected chi connectivity index (χ0v) is 9.05. The van der Waals surface area contributed by atoms with Crippen LogP contribution in [-0.2, 0) is 4.74 Å². The van der Waals surface area contributed by atoms with Crippen LogP contribution in [0.15, 0.2) is 0 Å². The molecule has 0 radical (unpaired) electrons. The minimum Gasteiger partial charge on any atom is -0.385 e. The average Bonchev–Trinajstić information content (AvgIpc) is 2.74. The molecule has 0 N–H and O–H groups in total. The summed E-state index contributed by atoms with van der Waals surface area (Å²) in [4.78, 5) is 0. The molecule has 2 unspecified atom stereocenters. The number of hydrogen-bond acceptors (Lipinski definition) is 2. The van der Waals surface area contributed by atoms with Crippen LogP contribution in [0.3, 0.4) is 0 Å². The van der Waals surface area contributed by atoms with E-state index in [0.29, 0.717) is 5.92 Å². The third-order valence-corrected chi connectivity index (χ3v) is 3.31. The number of nitrogens with zero attached hydrogens (tertiary/aromatic N) is 1. The van der Waals surface area contributed by atoms with Crippen LogP contribution >= 0.6 is 0 Å². The third kappa shape index (κ3) is 1.71. The molecule has 0 heterocycles. The summed E-state index contributed by atoms with van der Waals surface area (Å²) in [5.41, 5.74) is 0.0334. The lowest BCUT2D eigenvalue weighted by molar-refractivity contribution is 0.174. The highest BCUT2D eigenvalue weighted by molar-refractivity contribution is 5.20. The van der Waals surface area contributed by atoms with E-state index in [9.17, 15) is 5.26 Å². The van der Waals surface area contributed by atoms with Crippen LogP contribution in [0.5, 0.6) is 0 Å². The van der Waals surface area contributed by atoms with Crippen molar-refractivity contribution in [3.05, 3.63) is 0 Å². The summed E-state index contributed by atoms with van der Waals surface area (Å²) in [5.74, 6) is 0.553. The minimum atomic E-state index is -0.0778. The van der Waals surface area contributed by atoms with Crippen molar-refractivity contribution < 1.29 is 4.74 Å². The molecule has 0 saturated heterocycles. The van der Waals surface area contributed by atoms with Gasteiger partial charge in [0.1, 0.15) is 0 Å². The molecular weight excluding hydrogens is 162 g/mol. The fourth-order valence-corrected chi connectivity index (χ4v) is 2.16. The average molecular weight is 181 g/mol. The van der Waals surface area contributed by atoms with E-state index in [4.69, 9.17) is 4.74 Å². The van der Waals surface area contributed by atoms with E-state index in [1.807, 2.05) is 0 Å². The van der Waals surface area contributed by atoms with Gasteiger partial charge in [-0.2, -0.15) is 5.26 Å². The summed E-state index contributed by atoms with van der Waals surface area (Å²) < 4.78 is 5.03. The first kappa shape index (κ1) is 10.5. The Morgan fingerprint density at radius 1 is 1.54 bits per heavy atom. The van der Waals surface area contributed by atoms with E-state index in [1.165, 1.54) is 0 Å². The molecule has 1 rings (SSSR count). The Morgan fingerprint density at radius 3 is 2.46 bits per heavy atom. The fraction of sp³-hybridized carbons (Fsp3) is 0.909. The van der Waals surface area contributed by atoms with Crippen LogP contribution < -0.4 is 0 Å². The van der Waals surface area contributed by atoms with Crippen molar-refractivity contribution in [3.8, 4) is 6.07 Å². The Morgan fingerprint density at radius 2 is 2.15 bits per heavy atom. The van der Waals surface area contributed by atoms with Crippen LogP contribution in [0.1, 0.15) is 33.6 Å². The van der Waals surface area contributed by atoms with Crippen molar-refractivity contribution in [1.82, 2.24) is 0 Å². The van der Waals surface area contributed by atoms with Crippen LogP contribution in [0.2, 0.25) is 0 Å². The summed E-state index contributed by atoms with van der Waals surface area (Å²) in [6, 6.07) is 2.50. The van der Waals surface area contributed by atoms with Gasteiger partial charge in [-0.25, -0.2) is 0 Å². The van der Waals surface area contributed by atoms with Gasteiger partial charge < -0.3 is 4.74 Å². The van der Waals surface area contributed by atoms with Crippen molar-refractivity contribution in [3.63, 3.8) is 0 Å². The molecule has 0 aromatic heterocycles. The van der Waals surface area contributed by atoms with E-state index in [2.05, 4.69) is 26.8 Å². The molecule has 13 heavy (non-hydrogen) atoms. The maximum absolute atomic E-state index is 9.17. The van der Waals surface area contributed by atoms with Gasteiger partial charge in [0.15, 0.2) is 0 Å². The van der Waals surface area contributed by atoms with Crippen LogP contribution in [-0.4, -0.2) is 13.7 Å². The normalized spacial score (nSPS) is 32.7. The quantitative estimate of drug-likeness (QED) is 0.670. The second-order valence-electron chi connectivity index (χ2n) is 5.02. The van der Waals surface area contributed by atoms with Crippen molar-refractivity contribution in [2.45, 2.75) is 33.6 Å². The minimum absolute atomic E-state index is 0.0778. The first-order chi connectivity index (χ1) is 5.98. The summed E-state index contributed by atoms with van der Waals surface area (Å²) in [5, 5.41) is 9.17.